The molecule has 8 heavy (non-hydrogen) atoms. The first-order chi connectivity index (χ1) is 3.83. The third-order valence-electron chi connectivity index (χ3n) is 0.942. The van der Waals surface area contributed by atoms with Crippen molar-refractivity contribution in [3.63, 3.8) is 0 Å². The van der Waals surface area contributed by atoms with Crippen LogP contribution < -0.4 is 0 Å². The molecule has 2 nitrogen and oxygen atoms in total. The Balaban J connectivity index is 2.56. The van der Waals surface area contributed by atoms with Crippen LogP contribution in [0.25, 0.3) is 0 Å². The Labute approximate surface area is 55.6 Å². The molecule has 0 bridgehead atoms. The lowest BCUT2D eigenvalue weighted by atomic mass is 10.3. The van der Waals surface area contributed by atoms with Crippen molar-refractivity contribution in [2.75, 3.05) is 0 Å². The van der Waals surface area contributed by atoms with E-state index in [1.54, 1.807) is 4.99 Å². The Morgan fingerprint density at radius 3 is 2.62 bits per heavy atom. The molecule has 0 atom stereocenters. The smallest absolute Gasteiger partial charge is 0.311 e. The maximum atomic E-state index is 10.3. The van der Waals surface area contributed by atoms with E-state index in [4.69, 9.17) is 0 Å². The molecule has 0 aromatic heterocycles. The third-order valence-corrected chi connectivity index (χ3v) is 1.45. The van der Waals surface area contributed by atoms with Gasteiger partial charge in [-0.2, -0.15) is 0 Å². The molecule has 0 saturated carbocycles. The molecule has 1 heterocycles. The number of allylic oxidation sites excluding steroid dienone is 1. The van der Waals surface area contributed by atoms with E-state index in [0.29, 0.717) is 6.42 Å². The first kappa shape index (κ1) is 5.82. The second kappa shape index (κ2) is 2.31. The highest BCUT2D eigenvalue weighted by Gasteiger charge is 2.15. The fourth-order valence-corrected chi connectivity index (χ4v) is 0.873. The van der Waals surface area contributed by atoms with E-state index in [1.807, 2.05) is 0 Å². The Bertz CT molecular complexity index is 139. The zero-order valence-corrected chi connectivity index (χ0v) is 5.77. The van der Waals surface area contributed by atoms with Gasteiger partial charge >= 0.3 is 5.97 Å². The zero-order chi connectivity index (χ0) is 5.98. The number of hydrogen-bond acceptors (Lipinski definition) is 2. The molecular formula is C5H5BrO2. The van der Waals surface area contributed by atoms with E-state index in [-0.39, 0.29) is 5.97 Å². The van der Waals surface area contributed by atoms with E-state index in [1.165, 1.54) is 0 Å². The molecule has 3 heteroatoms. The van der Waals surface area contributed by atoms with Gasteiger partial charge in [-0.3, -0.25) is 4.79 Å². The van der Waals surface area contributed by atoms with Crippen LogP contribution in [0.15, 0.2) is 10.7 Å². The van der Waals surface area contributed by atoms with Crippen molar-refractivity contribution in [1.29, 1.82) is 0 Å². The lowest BCUT2D eigenvalue weighted by Gasteiger charge is -1.88. The molecule has 1 aliphatic heterocycles. The Morgan fingerprint density at radius 1 is 1.62 bits per heavy atom. The summed E-state index contributed by atoms with van der Waals surface area (Å²) in [6, 6.07) is 0. The molecule has 0 aromatic rings. The summed E-state index contributed by atoms with van der Waals surface area (Å²) in [6.45, 7) is 0. The van der Waals surface area contributed by atoms with Gasteiger partial charge in [0.1, 0.15) is 5.76 Å². The average molecular weight is 177 g/mol. The maximum Gasteiger partial charge on any atom is 0.311 e. The highest BCUT2D eigenvalue weighted by Crippen LogP contribution is 2.17. The van der Waals surface area contributed by atoms with Crippen molar-refractivity contribution in [3.8, 4) is 0 Å². The van der Waals surface area contributed by atoms with Crippen LogP contribution in [-0.4, -0.2) is 5.97 Å². The van der Waals surface area contributed by atoms with Crippen LogP contribution in [-0.2, 0) is 9.53 Å². The first-order valence-electron chi connectivity index (χ1n) is 2.33. The molecule has 0 amide bonds. The molecule has 0 aromatic carbocycles. The van der Waals surface area contributed by atoms with Crippen molar-refractivity contribution in [3.05, 3.63) is 10.7 Å². The number of esters is 1. The minimum atomic E-state index is -0.129. The molecule has 0 aliphatic carbocycles. The minimum Gasteiger partial charge on any atom is -0.430 e. The number of rotatable bonds is 0. The van der Waals surface area contributed by atoms with Crippen LogP contribution in [0.3, 0.4) is 0 Å². The SMILES string of the molecule is O=C1CC/C(=C\Br)O1. The normalized spacial score (nSPS) is 24.1. The predicted molar refractivity (Wildman–Crippen MR) is 32.3 cm³/mol. The van der Waals surface area contributed by atoms with Gasteiger partial charge in [-0.25, -0.2) is 0 Å². The van der Waals surface area contributed by atoms with Crippen molar-refractivity contribution < 1.29 is 9.53 Å². The molecule has 1 rings (SSSR count). The van der Waals surface area contributed by atoms with E-state index in [2.05, 4.69) is 20.7 Å². The monoisotopic (exact) mass is 176 g/mol. The molecular weight excluding hydrogens is 172 g/mol. The molecule has 0 radical (unpaired) electrons. The van der Waals surface area contributed by atoms with Gasteiger partial charge in [0.05, 0.1) is 6.42 Å². The molecule has 1 saturated heterocycles. The van der Waals surface area contributed by atoms with Crippen molar-refractivity contribution in [2.45, 2.75) is 12.8 Å². The van der Waals surface area contributed by atoms with E-state index < -0.39 is 0 Å². The molecule has 0 N–H and O–H groups in total. The van der Waals surface area contributed by atoms with Crippen LogP contribution in [0.2, 0.25) is 0 Å². The molecule has 44 valence electrons. The highest BCUT2D eigenvalue weighted by atomic mass is 79.9. The average Bonchev–Trinajstić information content (AvgIpc) is 2.14. The number of halogens is 1. The van der Waals surface area contributed by atoms with Crippen LogP contribution in [0, 0.1) is 0 Å². The first-order valence-corrected chi connectivity index (χ1v) is 3.24. The maximum absolute atomic E-state index is 10.3. The second-order valence-electron chi connectivity index (χ2n) is 1.55. The van der Waals surface area contributed by atoms with Gasteiger partial charge < -0.3 is 4.74 Å². The number of ether oxygens (including phenoxy) is 1. The van der Waals surface area contributed by atoms with E-state index in [9.17, 15) is 4.79 Å². The van der Waals surface area contributed by atoms with Crippen LogP contribution >= 0.6 is 15.9 Å². The minimum absolute atomic E-state index is 0.129. The van der Waals surface area contributed by atoms with Gasteiger partial charge in [-0.1, -0.05) is 15.9 Å². The summed E-state index contributed by atoms with van der Waals surface area (Å²) >= 11 is 3.06. The summed E-state index contributed by atoms with van der Waals surface area (Å²) in [4.78, 5) is 12.0. The Hall–Kier alpha value is -0.310. The van der Waals surface area contributed by atoms with E-state index in [0.717, 1.165) is 12.2 Å². The summed E-state index contributed by atoms with van der Waals surface area (Å²) < 4.78 is 4.69. The van der Waals surface area contributed by atoms with Gasteiger partial charge in [-0.15, -0.1) is 0 Å². The summed E-state index contributed by atoms with van der Waals surface area (Å²) in [5.41, 5.74) is 0. The van der Waals surface area contributed by atoms with Gasteiger partial charge in [0.15, 0.2) is 0 Å². The summed E-state index contributed by atoms with van der Waals surface area (Å²) in [7, 11) is 0. The fourth-order valence-electron chi connectivity index (χ4n) is 0.550. The molecule has 0 spiro atoms. The summed E-state index contributed by atoms with van der Waals surface area (Å²) in [5, 5.41) is 0. The Morgan fingerprint density at radius 2 is 2.38 bits per heavy atom. The lowest BCUT2D eigenvalue weighted by Crippen LogP contribution is -1.88. The molecule has 1 aliphatic rings. The second-order valence-corrected chi connectivity index (χ2v) is 2.01. The topological polar surface area (TPSA) is 26.3 Å². The van der Waals surface area contributed by atoms with Gasteiger partial charge in [-0.05, 0) is 0 Å². The quantitative estimate of drug-likeness (QED) is 0.524. The Kier molecular flexibility index (Phi) is 1.68. The van der Waals surface area contributed by atoms with Crippen molar-refractivity contribution in [1.82, 2.24) is 0 Å². The summed E-state index contributed by atoms with van der Waals surface area (Å²) in [6.07, 6.45) is 1.27. The van der Waals surface area contributed by atoms with Crippen LogP contribution in [0.4, 0.5) is 0 Å². The van der Waals surface area contributed by atoms with Crippen LogP contribution in [0.1, 0.15) is 12.8 Å². The standard InChI is InChI=1S/C5H5BrO2/c6-3-4-1-2-5(7)8-4/h3H,1-2H2/b4-3+. The lowest BCUT2D eigenvalue weighted by molar-refractivity contribution is -0.135. The number of carbonyl (C=O) groups is 1. The zero-order valence-electron chi connectivity index (χ0n) is 4.19. The number of carbonyl (C=O) groups excluding carboxylic acids is 1. The highest BCUT2D eigenvalue weighted by molar-refractivity contribution is 9.11. The molecule has 1 fully saturated rings. The van der Waals surface area contributed by atoms with Crippen molar-refractivity contribution >= 4 is 21.9 Å². The fraction of sp³-hybridized carbons (Fsp3) is 0.400. The number of hydrogen-bond donors (Lipinski definition) is 0. The van der Waals surface area contributed by atoms with E-state index >= 15 is 0 Å². The van der Waals surface area contributed by atoms with Gasteiger partial charge in [0.25, 0.3) is 0 Å². The van der Waals surface area contributed by atoms with Gasteiger partial charge in [0.2, 0.25) is 0 Å². The van der Waals surface area contributed by atoms with Gasteiger partial charge in [0, 0.05) is 11.4 Å². The largest absolute Gasteiger partial charge is 0.430 e. The van der Waals surface area contributed by atoms with Crippen LogP contribution in [0.5, 0.6) is 0 Å². The summed E-state index contributed by atoms with van der Waals surface area (Å²) in [5.74, 6) is 0.603. The third kappa shape index (κ3) is 1.10. The van der Waals surface area contributed by atoms with Crippen molar-refractivity contribution in [2.24, 2.45) is 0 Å². The number of cyclic esters (lactones) is 1. The molecule has 0 unspecified atom stereocenters. The predicted octanol–water partition coefficient (Wildman–Crippen LogP) is 1.56.